The lowest BCUT2D eigenvalue weighted by atomic mass is 9.96. The van der Waals surface area contributed by atoms with Gasteiger partial charge in [0.05, 0.1) is 46.1 Å². The molecule has 3 aromatic carbocycles. The van der Waals surface area contributed by atoms with Crippen molar-refractivity contribution in [2.45, 2.75) is 108 Å². The number of Topliss-reactive ketones (excluding diaryl/α,β-unsaturated/α-hetero) is 1. The average Bonchev–Trinajstić information content (AvgIpc) is 3.24. The standard InChI is InChI=1S/C45H56O14/c1-6-24-53-44-43(55-31(3)47)41(50-5)39(36(56-44)29-52-26-33-18-12-8-13-19-33)59-45-42(54-27-34-20-14-9-15-21-34)40(49-4)38(58-37(48)23-22-30(2)46)35(57-45)28-51-25-32-16-10-7-11-17-32/h6-21,35-36,38-45H,1,22-29H2,2-5H3/t35-,36-,38-,39-,40+,41+,42-,43-,44-,45-/m1/s1. The van der Waals surface area contributed by atoms with Crippen LogP contribution in [0.2, 0.25) is 0 Å². The van der Waals surface area contributed by atoms with Crippen molar-refractivity contribution in [2.75, 3.05) is 34.0 Å². The number of carbonyl (C=O) groups excluding carboxylic acids is 3. The van der Waals surface area contributed by atoms with Crippen LogP contribution in [0.4, 0.5) is 0 Å². The van der Waals surface area contributed by atoms with E-state index in [4.69, 9.17) is 52.1 Å². The lowest BCUT2D eigenvalue weighted by molar-refractivity contribution is -0.368. The number of hydrogen-bond acceptors (Lipinski definition) is 14. The van der Waals surface area contributed by atoms with E-state index in [1.54, 1.807) is 6.08 Å². The molecule has 320 valence electrons. The molecule has 0 amide bonds. The van der Waals surface area contributed by atoms with Crippen LogP contribution in [-0.2, 0) is 86.3 Å². The fraction of sp³-hybridized carbons (Fsp3) is 0.489. The summed E-state index contributed by atoms with van der Waals surface area (Å²) in [7, 11) is 2.94. The SMILES string of the molecule is C=CCO[C@@H]1O[C@H](COCc2ccccc2)[C@@H](O[C@H]2O[C@H](COCc3ccccc3)[C@@H](OC(=O)CCC(C)=O)[C@H](OC)[C@H]2OCc2ccccc2)[C@H](OC)[C@H]1OC(C)=O. The Balaban J connectivity index is 1.50. The molecular weight excluding hydrogens is 764 g/mol. The lowest BCUT2D eigenvalue weighted by Gasteiger charge is -2.49. The summed E-state index contributed by atoms with van der Waals surface area (Å²) < 4.78 is 69.0. The van der Waals surface area contributed by atoms with Gasteiger partial charge in [-0.1, -0.05) is 97.1 Å². The minimum atomic E-state index is -1.23. The summed E-state index contributed by atoms with van der Waals surface area (Å²) >= 11 is 0. The average molecular weight is 821 g/mol. The second-order valence-electron chi connectivity index (χ2n) is 14.2. The summed E-state index contributed by atoms with van der Waals surface area (Å²) in [5.74, 6) is -1.36. The molecule has 0 unspecified atom stereocenters. The molecule has 3 aromatic rings. The molecule has 14 nitrogen and oxygen atoms in total. The molecule has 10 atom stereocenters. The number of ether oxygens (including phenoxy) is 11. The van der Waals surface area contributed by atoms with Crippen LogP contribution in [0.25, 0.3) is 0 Å². The third-order valence-corrected chi connectivity index (χ3v) is 9.72. The van der Waals surface area contributed by atoms with Gasteiger partial charge in [-0.25, -0.2) is 0 Å². The summed E-state index contributed by atoms with van der Waals surface area (Å²) in [6.45, 7) is 7.11. The molecule has 2 aliphatic heterocycles. The summed E-state index contributed by atoms with van der Waals surface area (Å²) in [5.41, 5.74) is 2.71. The van der Waals surface area contributed by atoms with E-state index in [1.807, 2.05) is 91.0 Å². The topological polar surface area (TPSA) is 153 Å². The number of rotatable bonds is 23. The molecule has 0 N–H and O–H groups in total. The molecule has 2 heterocycles. The van der Waals surface area contributed by atoms with Crippen molar-refractivity contribution in [3.05, 3.63) is 120 Å². The zero-order valence-corrected chi connectivity index (χ0v) is 34.1. The first-order chi connectivity index (χ1) is 28.7. The number of ketones is 1. The van der Waals surface area contributed by atoms with Gasteiger partial charge >= 0.3 is 11.9 Å². The van der Waals surface area contributed by atoms with E-state index >= 15 is 0 Å². The van der Waals surface area contributed by atoms with Crippen LogP contribution < -0.4 is 0 Å². The van der Waals surface area contributed by atoms with Crippen LogP contribution in [0.15, 0.2) is 104 Å². The van der Waals surface area contributed by atoms with Crippen LogP contribution in [0.1, 0.15) is 43.4 Å². The molecule has 0 saturated carbocycles. The molecular formula is C45H56O14. The monoisotopic (exact) mass is 820 g/mol. The van der Waals surface area contributed by atoms with Gasteiger partial charge in [0.15, 0.2) is 24.8 Å². The summed E-state index contributed by atoms with van der Waals surface area (Å²) in [6, 6.07) is 28.7. The van der Waals surface area contributed by atoms with Crippen LogP contribution in [0, 0.1) is 0 Å². The van der Waals surface area contributed by atoms with Crippen molar-refractivity contribution in [3.8, 4) is 0 Å². The van der Waals surface area contributed by atoms with Gasteiger partial charge in [-0.15, -0.1) is 6.58 Å². The van der Waals surface area contributed by atoms with Crippen molar-refractivity contribution in [1.82, 2.24) is 0 Å². The smallest absolute Gasteiger partial charge is 0.306 e. The van der Waals surface area contributed by atoms with Gasteiger partial charge in [0.25, 0.3) is 0 Å². The first kappa shape index (κ1) is 45.7. The molecule has 0 spiro atoms. The van der Waals surface area contributed by atoms with Crippen molar-refractivity contribution in [3.63, 3.8) is 0 Å². The van der Waals surface area contributed by atoms with Gasteiger partial charge < -0.3 is 56.9 Å². The molecule has 59 heavy (non-hydrogen) atoms. The second-order valence-corrected chi connectivity index (χ2v) is 14.2. The number of esters is 2. The van der Waals surface area contributed by atoms with E-state index < -0.39 is 73.4 Å². The van der Waals surface area contributed by atoms with E-state index in [0.717, 1.165) is 16.7 Å². The number of methoxy groups -OCH3 is 2. The van der Waals surface area contributed by atoms with Crippen molar-refractivity contribution in [1.29, 1.82) is 0 Å². The second kappa shape index (κ2) is 24.0. The van der Waals surface area contributed by atoms with Gasteiger partial charge in [-0.05, 0) is 23.6 Å². The normalized spacial score (nSPS) is 26.8. The zero-order chi connectivity index (χ0) is 42.0. The van der Waals surface area contributed by atoms with Crippen molar-refractivity contribution < 1.29 is 66.5 Å². The Morgan fingerprint density at radius 3 is 1.61 bits per heavy atom. The maximum Gasteiger partial charge on any atom is 0.306 e. The quantitative estimate of drug-likeness (QED) is 0.0900. The fourth-order valence-corrected chi connectivity index (χ4v) is 6.91. The van der Waals surface area contributed by atoms with Gasteiger partial charge in [0.2, 0.25) is 0 Å². The minimum absolute atomic E-state index is 0.00767. The van der Waals surface area contributed by atoms with Crippen molar-refractivity contribution >= 4 is 17.7 Å². The summed E-state index contributed by atoms with van der Waals surface area (Å²) in [4.78, 5) is 37.5. The molecule has 14 heteroatoms. The molecule has 0 radical (unpaired) electrons. The molecule has 0 aliphatic carbocycles. The molecule has 2 fully saturated rings. The predicted octanol–water partition coefficient (Wildman–Crippen LogP) is 5.29. The Labute approximate surface area is 345 Å². The molecule has 0 bridgehead atoms. The molecule has 2 saturated heterocycles. The van der Waals surface area contributed by atoms with Crippen LogP contribution in [0.3, 0.4) is 0 Å². The zero-order valence-electron chi connectivity index (χ0n) is 34.1. The van der Waals surface area contributed by atoms with E-state index in [-0.39, 0.29) is 58.3 Å². The number of carbonyl (C=O) groups is 3. The largest absolute Gasteiger partial charge is 0.457 e. The minimum Gasteiger partial charge on any atom is -0.457 e. The first-order valence-corrected chi connectivity index (χ1v) is 19.7. The Morgan fingerprint density at radius 1 is 0.593 bits per heavy atom. The highest BCUT2D eigenvalue weighted by atomic mass is 16.8. The lowest BCUT2D eigenvalue weighted by Crippen LogP contribution is -2.66. The third kappa shape index (κ3) is 13.9. The Hall–Kier alpha value is -4.35. The van der Waals surface area contributed by atoms with Gasteiger partial charge in [-0.2, -0.15) is 0 Å². The highest BCUT2D eigenvalue weighted by Crippen LogP contribution is 2.35. The molecule has 5 rings (SSSR count). The van der Waals surface area contributed by atoms with Crippen LogP contribution >= 0.6 is 0 Å². The van der Waals surface area contributed by atoms with Gasteiger partial charge in [0.1, 0.15) is 42.4 Å². The van der Waals surface area contributed by atoms with E-state index in [0.29, 0.717) is 0 Å². The first-order valence-electron chi connectivity index (χ1n) is 19.7. The Bertz CT molecular complexity index is 1710. The van der Waals surface area contributed by atoms with E-state index in [1.165, 1.54) is 28.1 Å². The van der Waals surface area contributed by atoms with Gasteiger partial charge in [-0.3, -0.25) is 9.59 Å². The van der Waals surface area contributed by atoms with E-state index in [9.17, 15) is 14.4 Å². The summed E-state index contributed by atoms with van der Waals surface area (Å²) in [5, 5.41) is 0. The highest BCUT2D eigenvalue weighted by Gasteiger charge is 2.55. The van der Waals surface area contributed by atoms with E-state index in [2.05, 4.69) is 6.58 Å². The maximum absolute atomic E-state index is 13.3. The van der Waals surface area contributed by atoms with Crippen molar-refractivity contribution in [2.24, 2.45) is 0 Å². The fourth-order valence-electron chi connectivity index (χ4n) is 6.91. The van der Waals surface area contributed by atoms with Gasteiger partial charge in [0, 0.05) is 27.6 Å². The number of hydrogen-bond donors (Lipinski definition) is 0. The summed E-state index contributed by atoms with van der Waals surface area (Å²) in [6.07, 6.45) is -8.80. The Morgan fingerprint density at radius 2 is 1.10 bits per heavy atom. The Kier molecular flexibility index (Phi) is 18.6. The molecule has 0 aromatic heterocycles. The maximum atomic E-state index is 13.3. The molecule has 2 aliphatic rings. The number of benzene rings is 3. The highest BCUT2D eigenvalue weighted by molar-refractivity contribution is 5.81. The predicted molar refractivity (Wildman–Crippen MR) is 213 cm³/mol. The third-order valence-electron chi connectivity index (χ3n) is 9.72. The van der Waals surface area contributed by atoms with Crippen LogP contribution in [0.5, 0.6) is 0 Å². The van der Waals surface area contributed by atoms with Crippen LogP contribution in [-0.4, -0.2) is 113 Å².